The van der Waals surface area contributed by atoms with Gasteiger partial charge in [-0.1, -0.05) is 31.2 Å². The van der Waals surface area contributed by atoms with Crippen molar-refractivity contribution in [1.29, 1.82) is 5.26 Å². The average Bonchev–Trinajstić information content (AvgIpc) is 2.42. The summed E-state index contributed by atoms with van der Waals surface area (Å²) in [4.78, 5) is 0. The second-order valence-electron chi connectivity index (χ2n) is 4.02. The zero-order chi connectivity index (χ0) is 13.1. The van der Waals surface area contributed by atoms with Crippen LogP contribution in [0.2, 0.25) is 0 Å². The van der Waals surface area contributed by atoms with Crippen molar-refractivity contribution in [2.24, 2.45) is 0 Å². The molecular formula is C15H12BrNO. The fourth-order valence-electron chi connectivity index (χ4n) is 1.80. The number of rotatable bonds is 2. The Bertz CT molecular complexity index is 612. The van der Waals surface area contributed by atoms with Crippen molar-refractivity contribution in [3.05, 3.63) is 52.0 Å². The smallest absolute Gasteiger partial charge is 0.137 e. The first-order valence-corrected chi connectivity index (χ1v) is 6.47. The third-order valence-corrected chi connectivity index (χ3v) is 3.47. The van der Waals surface area contributed by atoms with Gasteiger partial charge in [0.15, 0.2) is 0 Å². The molecule has 0 atom stereocenters. The molecule has 0 heterocycles. The molecule has 0 saturated heterocycles. The molecule has 0 aliphatic heterocycles. The van der Waals surface area contributed by atoms with Gasteiger partial charge >= 0.3 is 0 Å². The van der Waals surface area contributed by atoms with Gasteiger partial charge in [0.05, 0.1) is 16.1 Å². The van der Waals surface area contributed by atoms with Gasteiger partial charge < -0.3 is 5.11 Å². The first-order valence-electron chi connectivity index (χ1n) is 5.67. The summed E-state index contributed by atoms with van der Waals surface area (Å²) >= 11 is 3.26. The minimum atomic E-state index is 0.165. The molecule has 0 unspecified atom stereocenters. The quantitative estimate of drug-likeness (QED) is 0.901. The third-order valence-electron chi connectivity index (χ3n) is 2.87. The molecule has 1 N–H and O–H groups in total. The first-order chi connectivity index (χ1) is 8.65. The van der Waals surface area contributed by atoms with Crippen LogP contribution < -0.4 is 0 Å². The molecule has 0 aromatic heterocycles. The molecule has 0 radical (unpaired) electrons. The van der Waals surface area contributed by atoms with E-state index in [9.17, 15) is 5.11 Å². The maximum atomic E-state index is 10.0. The van der Waals surface area contributed by atoms with Gasteiger partial charge in [0.2, 0.25) is 0 Å². The van der Waals surface area contributed by atoms with Crippen molar-refractivity contribution in [3.63, 3.8) is 0 Å². The van der Waals surface area contributed by atoms with Crippen LogP contribution in [0.4, 0.5) is 0 Å². The van der Waals surface area contributed by atoms with Crippen LogP contribution in [0.25, 0.3) is 11.1 Å². The summed E-state index contributed by atoms with van der Waals surface area (Å²) in [6, 6.07) is 13.4. The van der Waals surface area contributed by atoms with Crippen molar-refractivity contribution in [2.75, 3.05) is 0 Å². The van der Waals surface area contributed by atoms with Crippen LogP contribution in [0, 0.1) is 11.3 Å². The summed E-state index contributed by atoms with van der Waals surface area (Å²) in [6.45, 7) is 2.10. The highest BCUT2D eigenvalue weighted by molar-refractivity contribution is 9.10. The Kier molecular flexibility index (Phi) is 3.69. The zero-order valence-corrected chi connectivity index (χ0v) is 11.5. The standard InChI is InChI=1S/C15H12BrNO/c1-2-10-3-5-12(6-4-10)13-7-11(9-17)8-14(16)15(13)18/h3-8,18H,2H2,1H3. The van der Waals surface area contributed by atoms with E-state index >= 15 is 0 Å². The highest BCUT2D eigenvalue weighted by atomic mass is 79.9. The Hall–Kier alpha value is -1.79. The number of phenolic OH excluding ortho intramolecular Hbond substituents is 1. The molecular weight excluding hydrogens is 290 g/mol. The van der Waals surface area contributed by atoms with E-state index in [2.05, 4.69) is 28.9 Å². The molecule has 0 aliphatic carbocycles. The average molecular weight is 302 g/mol. The highest BCUT2D eigenvalue weighted by Crippen LogP contribution is 2.36. The van der Waals surface area contributed by atoms with Crippen LogP contribution >= 0.6 is 15.9 Å². The maximum Gasteiger partial charge on any atom is 0.137 e. The number of hydrogen-bond donors (Lipinski definition) is 1. The van der Waals surface area contributed by atoms with E-state index in [1.165, 1.54) is 5.56 Å². The van der Waals surface area contributed by atoms with Gasteiger partial charge in [0.1, 0.15) is 5.75 Å². The van der Waals surface area contributed by atoms with Gasteiger partial charge in [-0.25, -0.2) is 0 Å². The van der Waals surface area contributed by atoms with Crippen molar-refractivity contribution < 1.29 is 5.11 Å². The zero-order valence-electron chi connectivity index (χ0n) is 9.94. The summed E-state index contributed by atoms with van der Waals surface area (Å²) in [6.07, 6.45) is 0.980. The topological polar surface area (TPSA) is 44.0 Å². The number of phenols is 1. The van der Waals surface area contributed by atoms with Crippen LogP contribution in [0.1, 0.15) is 18.1 Å². The van der Waals surface area contributed by atoms with Gasteiger partial charge in [-0.15, -0.1) is 0 Å². The Labute approximate surface area is 115 Å². The van der Waals surface area contributed by atoms with Crippen molar-refractivity contribution in [3.8, 4) is 22.9 Å². The molecule has 0 aliphatic rings. The monoisotopic (exact) mass is 301 g/mol. The molecule has 2 aromatic rings. The fourth-order valence-corrected chi connectivity index (χ4v) is 2.26. The van der Waals surface area contributed by atoms with Crippen molar-refractivity contribution >= 4 is 15.9 Å². The van der Waals surface area contributed by atoms with Gasteiger partial charge in [0, 0.05) is 5.56 Å². The predicted molar refractivity (Wildman–Crippen MR) is 75.3 cm³/mol. The number of aromatic hydroxyl groups is 1. The number of hydrogen-bond acceptors (Lipinski definition) is 2. The molecule has 2 nitrogen and oxygen atoms in total. The van der Waals surface area contributed by atoms with Crippen LogP contribution in [0.3, 0.4) is 0 Å². The van der Waals surface area contributed by atoms with Crippen LogP contribution in [-0.4, -0.2) is 5.11 Å². The summed E-state index contributed by atoms with van der Waals surface area (Å²) in [5.41, 5.74) is 3.34. The van der Waals surface area contributed by atoms with Gasteiger partial charge in [-0.2, -0.15) is 5.26 Å². The molecule has 2 aromatic carbocycles. The Morgan fingerprint density at radius 1 is 1.22 bits per heavy atom. The lowest BCUT2D eigenvalue weighted by Gasteiger charge is -2.08. The highest BCUT2D eigenvalue weighted by Gasteiger charge is 2.10. The van der Waals surface area contributed by atoms with Gasteiger partial charge in [-0.05, 0) is 45.6 Å². The normalized spacial score (nSPS) is 10.1. The largest absolute Gasteiger partial charge is 0.506 e. The number of nitrogens with zero attached hydrogens (tertiary/aromatic N) is 1. The molecule has 0 fully saturated rings. The van der Waals surface area contributed by atoms with Crippen molar-refractivity contribution in [2.45, 2.75) is 13.3 Å². The second-order valence-corrected chi connectivity index (χ2v) is 4.87. The number of nitriles is 1. The molecule has 0 saturated carbocycles. The summed E-state index contributed by atoms with van der Waals surface area (Å²) < 4.78 is 0.538. The van der Waals surface area contributed by atoms with Crippen molar-refractivity contribution in [1.82, 2.24) is 0 Å². The van der Waals surface area contributed by atoms with E-state index < -0.39 is 0 Å². The first kappa shape index (κ1) is 12.7. The third kappa shape index (κ3) is 2.39. The van der Waals surface area contributed by atoms with Crippen LogP contribution in [0.5, 0.6) is 5.75 Å². The van der Waals surface area contributed by atoms with E-state index in [0.717, 1.165) is 12.0 Å². The lowest BCUT2D eigenvalue weighted by Crippen LogP contribution is -1.85. The Morgan fingerprint density at radius 2 is 1.89 bits per heavy atom. The summed E-state index contributed by atoms with van der Waals surface area (Å²) in [5.74, 6) is 0.165. The number of benzene rings is 2. The van der Waals surface area contributed by atoms with Gasteiger partial charge in [0.25, 0.3) is 0 Å². The molecule has 3 heteroatoms. The summed E-state index contributed by atoms with van der Waals surface area (Å²) in [7, 11) is 0. The van der Waals surface area contributed by atoms with E-state index in [1.807, 2.05) is 24.3 Å². The number of aryl methyl sites for hydroxylation is 1. The number of halogens is 1. The van der Waals surface area contributed by atoms with E-state index in [1.54, 1.807) is 12.1 Å². The minimum absolute atomic E-state index is 0.165. The fraction of sp³-hybridized carbons (Fsp3) is 0.133. The van der Waals surface area contributed by atoms with Gasteiger partial charge in [-0.3, -0.25) is 0 Å². The van der Waals surface area contributed by atoms with E-state index in [-0.39, 0.29) is 5.75 Å². The molecule has 0 amide bonds. The predicted octanol–water partition coefficient (Wildman–Crippen LogP) is 4.26. The van der Waals surface area contributed by atoms with Crippen LogP contribution in [-0.2, 0) is 6.42 Å². The minimum Gasteiger partial charge on any atom is -0.506 e. The Balaban J connectivity index is 2.55. The lowest BCUT2D eigenvalue weighted by molar-refractivity contribution is 0.474. The van der Waals surface area contributed by atoms with E-state index in [0.29, 0.717) is 15.6 Å². The summed E-state index contributed by atoms with van der Waals surface area (Å²) in [5, 5.41) is 19.0. The molecule has 2 rings (SSSR count). The molecule has 0 bridgehead atoms. The molecule has 90 valence electrons. The Morgan fingerprint density at radius 3 is 2.44 bits per heavy atom. The van der Waals surface area contributed by atoms with Crippen LogP contribution in [0.15, 0.2) is 40.9 Å². The SMILES string of the molecule is CCc1ccc(-c2cc(C#N)cc(Br)c2O)cc1. The maximum absolute atomic E-state index is 10.0. The van der Waals surface area contributed by atoms with E-state index in [4.69, 9.17) is 5.26 Å². The molecule has 0 spiro atoms. The molecule has 18 heavy (non-hydrogen) atoms. The second kappa shape index (κ2) is 5.24. The lowest BCUT2D eigenvalue weighted by atomic mass is 10.0.